The molecule has 0 heterocycles. The average molecular weight is 524 g/mol. The lowest BCUT2D eigenvalue weighted by Gasteiger charge is -2.50. The molecule has 1 amide bonds. The van der Waals surface area contributed by atoms with Gasteiger partial charge < -0.3 is 10.4 Å². The van der Waals surface area contributed by atoms with Crippen molar-refractivity contribution in [1.82, 2.24) is 5.32 Å². The summed E-state index contributed by atoms with van der Waals surface area (Å²) in [5.41, 5.74) is 3.66. The standard InChI is InChI=1S/C32H39F2NO3/c1-3-5-20-14-26-19(15-28(20)36)9-11-25-24(26)12-13-32(2)29(37)16-21(31(25)32)6-4-7-30(38)35-18-22-8-10-23(33)17-27(22)34/h8,10,14-15,17,21,24-25,31,36H,3-7,9,11-13,16,18H2,1-2H3,(H,35,38)/t21-,24?,25?,31?,32?/m1/s1. The number of phenolic OH excluding ortho intramolecular Hbond substituents is 1. The molecule has 2 N–H and O–H groups in total. The highest BCUT2D eigenvalue weighted by Gasteiger charge is 2.58. The molecule has 5 rings (SSSR count). The third kappa shape index (κ3) is 4.99. The molecule has 2 saturated carbocycles. The molecule has 3 aliphatic rings. The van der Waals surface area contributed by atoms with Crippen LogP contribution in [0, 0.1) is 34.8 Å². The Balaban J connectivity index is 1.24. The molecule has 0 bridgehead atoms. The molecule has 0 saturated heterocycles. The third-order valence-electron chi connectivity index (χ3n) is 9.76. The molecule has 6 heteroatoms. The van der Waals surface area contributed by atoms with Gasteiger partial charge in [-0.1, -0.05) is 32.4 Å². The van der Waals surface area contributed by atoms with Crippen LogP contribution >= 0.6 is 0 Å². The first-order valence-corrected chi connectivity index (χ1v) is 14.3. The summed E-state index contributed by atoms with van der Waals surface area (Å²) >= 11 is 0. The Morgan fingerprint density at radius 3 is 2.74 bits per heavy atom. The number of rotatable bonds is 8. The van der Waals surface area contributed by atoms with E-state index in [1.165, 1.54) is 23.3 Å². The number of benzene rings is 2. The highest BCUT2D eigenvalue weighted by atomic mass is 19.1. The molecule has 3 aliphatic carbocycles. The zero-order chi connectivity index (χ0) is 27.0. The Labute approximate surface area is 224 Å². The Bertz CT molecular complexity index is 1230. The minimum atomic E-state index is -0.660. The smallest absolute Gasteiger partial charge is 0.220 e. The number of halogens is 2. The van der Waals surface area contributed by atoms with Gasteiger partial charge in [0.2, 0.25) is 5.91 Å². The second kappa shape index (κ2) is 10.8. The van der Waals surface area contributed by atoms with E-state index < -0.39 is 11.6 Å². The fraction of sp³-hybridized carbons (Fsp3) is 0.562. The molecule has 38 heavy (non-hydrogen) atoms. The molecule has 0 aromatic heterocycles. The largest absolute Gasteiger partial charge is 0.508 e. The second-order valence-corrected chi connectivity index (χ2v) is 12.0. The minimum Gasteiger partial charge on any atom is -0.508 e. The summed E-state index contributed by atoms with van der Waals surface area (Å²) < 4.78 is 27.0. The molecule has 4 nitrogen and oxygen atoms in total. The third-order valence-corrected chi connectivity index (χ3v) is 9.76. The van der Waals surface area contributed by atoms with E-state index in [9.17, 15) is 23.5 Å². The van der Waals surface area contributed by atoms with E-state index in [4.69, 9.17) is 0 Å². The van der Waals surface area contributed by atoms with Crippen molar-refractivity contribution in [1.29, 1.82) is 0 Å². The predicted octanol–water partition coefficient (Wildman–Crippen LogP) is 6.76. The van der Waals surface area contributed by atoms with Crippen molar-refractivity contribution in [3.05, 3.63) is 64.2 Å². The monoisotopic (exact) mass is 523 g/mol. The Hall–Kier alpha value is -2.76. The van der Waals surface area contributed by atoms with Crippen molar-refractivity contribution < 1.29 is 23.5 Å². The Kier molecular flexibility index (Phi) is 7.61. The Morgan fingerprint density at radius 1 is 1.16 bits per heavy atom. The predicted molar refractivity (Wildman–Crippen MR) is 143 cm³/mol. The van der Waals surface area contributed by atoms with E-state index in [0.717, 1.165) is 56.6 Å². The molecule has 2 fully saturated rings. The number of amides is 1. The summed E-state index contributed by atoms with van der Waals surface area (Å²) in [5.74, 6) is 0.815. The van der Waals surface area contributed by atoms with Crippen LogP contribution in [0.2, 0.25) is 0 Å². The van der Waals surface area contributed by atoms with E-state index in [2.05, 4.69) is 25.2 Å². The summed E-state index contributed by atoms with van der Waals surface area (Å²) in [4.78, 5) is 25.7. The van der Waals surface area contributed by atoms with Gasteiger partial charge >= 0.3 is 0 Å². The zero-order valence-electron chi connectivity index (χ0n) is 22.5. The lowest BCUT2D eigenvalue weighted by molar-refractivity contribution is -0.129. The van der Waals surface area contributed by atoms with Crippen molar-refractivity contribution in [2.45, 2.75) is 90.5 Å². The zero-order valence-corrected chi connectivity index (χ0v) is 22.5. The normalized spacial score (nSPS) is 27.9. The maximum absolute atomic E-state index is 13.9. The Morgan fingerprint density at radius 2 is 1.97 bits per heavy atom. The van der Waals surface area contributed by atoms with Gasteiger partial charge in [0.25, 0.3) is 0 Å². The number of Topliss-reactive ketones (excluding diaryl/α,β-unsaturated/α-hetero) is 1. The number of ketones is 1. The van der Waals surface area contributed by atoms with Crippen LogP contribution in [-0.4, -0.2) is 16.8 Å². The fourth-order valence-electron chi connectivity index (χ4n) is 7.92. The van der Waals surface area contributed by atoms with Crippen LogP contribution in [0.5, 0.6) is 5.75 Å². The number of aryl methyl sites for hydroxylation is 2. The van der Waals surface area contributed by atoms with Crippen molar-refractivity contribution in [2.24, 2.45) is 23.2 Å². The fourth-order valence-corrected chi connectivity index (χ4v) is 7.92. The molecule has 204 valence electrons. The van der Waals surface area contributed by atoms with Gasteiger partial charge in [0.1, 0.15) is 23.2 Å². The first kappa shape index (κ1) is 26.8. The second-order valence-electron chi connectivity index (χ2n) is 12.0. The molecule has 2 aromatic rings. The van der Waals surface area contributed by atoms with Crippen LogP contribution in [0.1, 0.15) is 93.4 Å². The van der Waals surface area contributed by atoms with Gasteiger partial charge in [-0.05, 0) is 97.4 Å². The van der Waals surface area contributed by atoms with Gasteiger partial charge in [0.15, 0.2) is 0 Å². The van der Waals surface area contributed by atoms with Gasteiger partial charge in [-0.3, -0.25) is 9.59 Å². The van der Waals surface area contributed by atoms with E-state index >= 15 is 0 Å². The number of carbonyl (C=O) groups is 2. The summed E-state index contributed by atoms with van der Waals surface area (Å²) in [6.07, 6.45) is 8.19. The van der Waals surface area contributed by atoms with Gasteiger partial charge in [-0.2, -0.15) is 0 Å². The van der Waals surface area contributed by atoms with Crippen molar-refractivity contribution >= 4 is 11.7 Å². The quantitative estimate of drug-likeness (QED) is 0.402. The molecule has 4 unspecified atom stereocenters. The summed E-state index contributed by atoms with van der Waals surface area (Å²) in [7, 11) is 0. The lowest BCUT2D eigenvalue weighted by Crippen LogP contribution is -2.44. The summed E-state index contributed by atoms with van der Waals surface area (Å²) in [5, 5.41) is 13.3. The van der Waals surface area contributed by atoms with Gasteiger partial charge in [0.05, 0.1) is 0 Å². The molecule has 5 atom stereocenters. The maximum atomic E-state index is 13.9. The van der Waals surface area contributed by atoms with E-state index in [1.54, 1.807) is 0 Å². The topological polar surface area (TPSA) is 66.4 Å². The number of fused-ring (bicyclic) bond motifs is 5. The van der Waals surface area contributed by atoms with Crippen molar-refractivity contribution in [2.75, 3.05) is 0 Å². The molecule has 0 spiro atoms. The van der Waals surface area contributed by atoms with E-state index in [0.29, 0.717) is 48.5 Å². The minimum absolute atomic E-state index is 0.0340. The average Bonchev–Trinajstić information content (AvgIpc) is 3.13. The van der Waals surface area contributed by atoms with Crippen LogP contribution in [0.15, 0.2) is 30.3 Å². The van der Waals surface area contributed by atoms with Crippen LogP contribution < -0.4 is 5.32 Å². The number of hydrogen-bond donors (Lipinski definition) is 2. The van der Waals surface area contributed by atoms with Crippen LogP contribution in [0.25, 0.3) is 0 Å². The maximum Gasteiger partial charge on any atom is 0.220 e. The molecule has 2 aromatic carbocycles. The van der Waals surface area contributed by atoms with Crippen LogP contribution in [-0.2, 0) is 29.0 Å². The molecule has 0 aliphatic heterocycles. The van der Waals surface area contributed by atoms with Crippen molar-refractivity contribution in [3.8, 4) is 5.75 Å². The highest BCUT2D eigenvalue weighted by Crippen LogP contribution is 2.62. The van der Waals surface area contributed by atoms with Gasteiger partial charge in [-0.15, -0.1) is 0 Å². The number of aromatic hydroxyl groups is 1. The van der Waals surface area contributed by atoms with E-state index in [-0.39, 0.29) is 29.3 Å². The number of hydrogen-bond acceptors (Lipinski definition) is 3. The number of nitrogens with one attached hydrogen (secondary N) is 1. The van der Waals surface area contributed by atoms with Gasteiger partial charge in [0, 0.05) is 36.4 Å². The van der Waals surface area contributed by atoms with E-state index in [1.807, 2.05) is 6.07 Å². The molecule has 0 radical (unpaired) electrons. The van der Waals surface area contributed by atoms with Crippen molar-refractivity contribution in [3.63, 3.8) is 0 Å². The SMILES string of the molecule is CCCc1cc2c(cc1O)CCC1C2CCC2(C)C(=O)C[C@@H](CCCC(=O)NCc3ccc(F)cc3F)C12. The number of carbonyl (C=O) groups excluding carboxylic acids is 2. The molecular formula is C32H39F2NO3. The van der Waals surface area contributed by atoms with Crippen LogP contribution in [0.4, 0.5) is 8.78 Å². The van der Waals surface area contributed by atoms with Crippen LogP contribution in [0.3, 0.4) is 0 Å². The lowest BCUT2D eigenvalue weighted by atomic mass is 9.54. The summed E-state index contributed by atoms with van der Waals surface area (Å²) in [6.45, 7) is 4.34. The summed E-state index contributed by atoms with van der Waals surface area (Å²) in [6, 6.07) is 7.59. The van der Waals surface area contributed by atoms with Gasteiger partial charge in [-0.25, -0.2) is 8.78 Å². The highest BCUT2D eigenvalue weighted by molar-refractivity contribution is 5.87. The first-order valence-electron chi connectivity index (χ1n) is 14.3. The first-order chi connectivity index (χ1) is 18.2. The molecular weight excluding hydrogens is 484 g/mol. The number of phenols is 1.